The molecule has 4 rings (SSSR count). The monoisotopic (exact) mass is 341 g/mol. The summed E-state index contributed by atoms with van der Waals surface area (Å²) >= 11 is 0. The number of carbonyl (C=O) groups is 1. The maximum Gasteiger partial charge on any atom is 0.248 e. The van der Waals surface area contributed by atoms with E-state index in [1.807, 2.05) is 54.6 Å². The van der Waals surface area contributed by atoms with Crippen LogP contribution < -0.4 is 10.5 Å². The Labute approximate surface area is 150 Å². The molecule has 1 heterocycles. The van der Waals surface area contributed by atoms with Crippen molar-refractivity contribution in [3.8, 4) is 23.0 Å². The summed E-state index contributed by atoms with van der Waals surface area (Å²) < 4.78 is 5.99. The number of rotatable bonds is 4. The third-order valence-electron chi connectivity index (χ3n) is 3.95. The number of para-hydroxylation sites is 1. The van der Waals surface area contributed by atoms with Gasteiger partial charge in [-0.2, -0.15) is 4.98 Å². The van der Waals surface area contributed by atoms with Crippen molar-refractivity contribution in [2.45, 2.75) is 0 Å². The minimum absolute atomic E-state index is 0.426. The summed E-state index contributed by atoms with van der Waals surface area (Å²) in [4.78, 5) is 20.4. The van der Waals surface area contributed by atoms with E-state index in [1.165, 1.54) is 0 Å². The molecule has 4 aromatic rings. The number of hydrogen-bond acceptors (Lipinski definition) is 4. The van der Waals surface area contributed by atoms with Crippen LogP contribution in [0.15, 0.2) is 78.9 Å². The smallest absolute Gasteiger partial charge is 0.248 e. The van der Waals surface area contributed by atoms with Gasteiger partial charge in [0, 0.05) is 11.1 Å². The number of amides is 1. The normalized spacial score (nSPS) is 10.6. The van der Waals surface area contributed by atoms with Crippen LogP contribution in [0.5, 0.6) is 11.6 Å². The number of aromatic nitrogens is 2. The molecule has 5 heteroatoms. The van der Waals surface area contributed by atoms with Gasteiger partial charge in [0.25, 0.3) is 0 Å². The van der Waals surface area contributed by atoms with Gasteiger partial charge in [0.1, 0.15) is 5.75 Å². The summed E-state index contributed by atoms with van der Waals surface area (Å²) in [6, 6.07) is 24.0. The number of nitrogens with zero attached hydrogens (tertiary/aromatic N) is 2. The van der Waals surface area contributed by atoms with Gasteiger partial charge in [0.2, 0.25) is 11.8 Å². The van der Waals surface area contributed by atoms with Crippen LogP contribution in [-0.4, -0.2) is 15.9 Å². The molecule has 1 amide bonds. The van der Waals surface area contributed by atoms with E-state index in [9.17, 15) is 4.79 Å². The van der Waals surface area contributed by atoms with E-state index in [0.29, 0.717) is 23.0 Å². The van der Waals surface area contributed by atoms with Crippen molar-refractivity contribution in [3.63, 3.8) is 0 Å². The molecule has 3 aromatic carbocycles. The summed E-state index contributed by atoms with van der Waals surface area (Å²) in [6.07, 6.45) is 0. The molecule has 0 aliphatic carbocycles. The first-order valence-electron chi connectivity index (χ1n) is 8.10. The van der Waals surface area contributed by atoms with Crippen LogP contribution in [0.1, 0.15) is 10.4 Å². The molecule has 126 valence electrons. The van der Waals surface area contributed by atoms with E-state index >= 15 is 0 Å². The van der Waals surface area contributed by atoms with E-state index in [-0.39, 0.29) is 0 Å². The Balaban J connectivity index is 1.79. The number of carbonyl (C=O) groups excluding carboxylic acids is 1. The second-order valence-electron chi connectivity index (χ2n) is 5.73. The molecule has 0 bridgehead atoms. The van der Waals surface area contributed by atoms with E-state index in [4.69, 9.17) is 10.5 Å². The maximum atomic E-state index is 11.2. The Morgan fingerprint density at radius 2 is 1.50 bits per heavy atom. The summed E-state index contributed by atoms with van der Waals surface area (Å²) in [5, 5.41) is 0.811. The molecule has 0 saturated carbocycles. The van der Waals surface area contributed by atoms with Gasteiger partial charge in [-0.3, -0.25) is 4.79 Å². The zero-order valence-electron chi connectivity index (χ0n) is 13.8. The quantitative estimate of drug-likeness (QED) is 0.604. The van der Waals surface area contributed by atoms with E-state index in [0.717, 1.165) is 16.5 Å². The van der Waals surface area contributed by atoms with Gasteiger partial charge in [0.15, 0.2) is 5.82 Å². The fourth-order valence-corrected chi connectivity index (χ4v) is 2.64. The predicted octanol–water partition coefficient (Wildman–Crippen LogP) is 4.19. The van der Waals surface area contributed by atoms with Gasteiger partial charge >= 0.3 is 0 Å². The molecule has 0 aliphatic rings. The molecule has 0 aliphatic heterocycles. The van der Waals surface area contributed by atoms with E-state index in [1.54, 1.807) is 24.3 Å². The van der Waals surface area contributed by atoms with Crippen molar-refractivity contribution >= 4 is 16.8 Å². The van der Waals surface area contributed by atoms with Crippen LogP contribution in [0.2, 0.25) is 0 Å². The number of benzene rings is 3. The van der Waals surface area contributed by atoms with Crippen molar-refractivity contribution in [2.75, 3.05) is 0 Å². The Morgan fingerprint density at radius 3 is 2.23 bits per heavy atom. The molecule has 0 spiro atoms. The van der Waals surface area contributed by atoms with Gasteiger partial charge in [-0.05, 0) is 36.4 Å². The molecule has 5 nitrogen and oxygen atoms in total. The zero-order valence-corrected chi connectivity index (χ0v) is 13.8. The topological polar surface area (TPSA) is 78.1 Å². The van der Waals surface area contributed by atoms with Crippen LogP contribution in [-0.2, 0) is 0 Å². The minimum atomic E-state index is -0.476. The van der Waals surface area contributed by atoms with E-state index < -0.39 is 5.91 Å². The molecule has 0 fully saturated rings. The third-order valence-corrected chi connectivity index (χ3v) is 3.95. The highest BCUT2D eigenvalue weighted by Gasteiger charge is 2.11. The lowest BCUT2D eigenvalue weighted by atomic mass is 10.2. The molecule has 0 saturated heterocycles. The lowest BCUT2D eigenvalue weighted by Gasteiger charge is -2.10. The second kappa shape index (κ2) is 6.64. The molecule has 1 aromatic heterocycles. The molecule has 0 atom stereocenters. The lowest BCUT2D eigenvalue weighted by molar-refractivity contribution is 0.100. The largest absolute Gasteiger partial charge is 0.438 e. The molecule has 26 heavy (non-hydrogen) atoms. The highest BCUT2D eigenvalue weighted by atomic mass is 16.5. The minimum Gasteiger partial charge on any atom is -0.438 e. The number of hydrogen-bond donors (Lipinski definition) is 1. The molecular weight excluding hydrogens is 326 g/mol. The summed E-state index contributed by atoms with van der Waals surface area (Å²) in [7, 11) is 0. The van der Waals surface area contributed by atoms with Crippen LogP contribution in [0.4, 0.5) is 0 Å². The van der Waals surface area contributed by atoms with Gasteiger partial charge < -0.3 is 10.5 Å². The van der Waals surface area contributed by atoms with Crippen molar-refractivity contribution in [2.24, 2.45) is 5.73 Å². The van der Waals surface area contributed by atoms with Crippen LogP contribution >= 0.6 is 0 Å². The van der Waals surface area contributed by atoms with Crippen molar-refractivity contribution in [3.05, 3.63) is 84.4 Å². The van der Waals surface area contributed by atoms with E-state index in [2.05, 4.69) is 9.97 Å². The highest BCUT2D eigenvalue weighted by molar-refractivity contribution is 5.92. The van der Waals surface area contributed by atoms with Crippen molar-refractivity contribution in [1.82, 2.24) is 9.97 Å². The first kappa shape index (κ1) is 15.8. The summed E-state index contributed by atoms with van der Waals surface area (Å²) in [5.74, 6) is 1.14. The molecular formula is C21H15N3O2. The lowest BCUT2D eigenvalue weighted by Crippen LogP contribution is -2.10. The van der Waals surface area contributed by atoms with Crippen molar-refractivity contribution < 1.29 is 9.53 Å². The standard InChI is InChI=1S/C21H15N3O2/c22-19(25)14-10-12-16(13-11-14)26-21-17-8-4-5-9-18(17)23-20(24-21)15-6-2-1-3-7-15/h1-13H,(H2,22,25). The average molecular weight is 341 g/mol. The Bertz CT molecular complexity index is 1080. The fraction of sp³-hybridized carbons (Fsp3) is 0. The van der Waals surface area contributed by atoms with Crippen LogP contribution in [0.3, 0.4) is 0 Å². The Hall–Kier alpha value is -3.73. The Kier molecular flexibility index (Phi) is 4.03. The molecule has 0 unspecified atom stereocenters. The average Bonchev–Trinajstić information content (AvgIpc) is 2.69. The second-order valence-corrected chi connectivity index (χ2v) is 5.73. The number of nitrogens with two attached hydrogens (primary N) is 1. The number of primary amides is 1. The zero-order chi connectivity index (χ0) is 17.9. The molecule has 2 N–H and O–H groups in total. The van der Waals surface area contributed by atoms with Gasteiger partial charge in [0.05, 0.1) is 10.9 Å². The van der Waals surface area contributed by atoms with Crippen LogP contribution in [0.25, 0.3) is 22.3 Å². The van der Waals surface area contributed by atoms with Gasteiger partial charge in [-0.15, -0.1) is 0 Å². The molecule has 0 radical (unpaired) electrons. The number of ether oxygens (including phenoxy) is 1. The summed E-state index contributed by atoms with van der Waals surface area (Å²) in [5.41, 5.74) is 7.41. The first-order chi connectivity index (χ1) is 12.7. The summed E-state index contributed by atoms with van der Waals surface area (Å²) in [6.45, 7) is 0. The third kappa shape index (κ3) is 3.10. The van der Waals surface area contributed by atoms with Crippen LogP contribution in [0, 0.1) is 0 Å². The maximum absolute atomic E-state index is 11.2. The fourth-order valence-electron chi connectivity index (χ4n) is 2.64. The first-order valence-corrected chi connectivity index (χ1v) is 8.10. The van der Waals surface area contributed by atoms with Gasteiger partial charge in [-0.25, -0.2) is 4.98 Å². The predicted molar refractivity (Wildman–Crippen MR) is 100 cm³/mol. The van der Waals surface area contributed by atoms with Gasteiger partial charge in [-0.1, -0.05) is 42.5 Å². The Morgan fingerprint density at radius 1 is 0.808 bits per heavy atom. The SMILES string of the molecule is NC(=O)c1ccc(Oc2nc(-c3ccccc3)nc3ccccc23)cc1. The number of fused-ring (bicyclic) bond motifs is 1. The highest BCUT2D eigenvalue weighted by Crippen LogP contribution is 2.30. The van der Waals surface area contributed by atoms with Crippen molar-refractivity contribution in [1.29, 1.82) is 0 Å².